The standard InChI is InChI=1S/C19H26N2O4/c1-19(2,3)25-18(23)20-10-9-15-16(12-20)24-13-17(22)21(15)11-14-7-5-4-6-8-14/h4-8,15-16H,9-13H2,1-3H3/t15-,16+/m0/s1. The minimum atomic E-state index is -0.517. The minimum Gasteiger partial charge on any atom is -0.444 e. The quantitative estimate of drug-likeness (QED) is 0.825. The Hall–Kier alpha value is -2.08. The molecule has 1 aromatic rings. The molecule has 0 aromatic heterocycles. The van der Waals surface area contributed by atoms with Gasteiger partial charge in [0.1, 0.15) is 12.2 Å². The maximum absolute atomic E-state index is 12.4. The maximum atomic E-state index is 12.4. The van der Waals surface area contributed by atoms with Crippen molar-refractivity contribution >= 4 is 12.0 Å². The van der Waals surface area contributed by atoms with E-state index in [4.69, 9.17) is 9.47 Å². The fraction of sp³-hybridized carbons (Fsp3) is 0.579. The van der Waals surface area contributed by atoms with Crippen molar-refractivity contribution in [3.05, 3.63) is 35.9 Å². The van der Waals surface area contributed by atoms with Gasteiger partial charge in [-0.05, 0) is 32.8 Å². The second-order valence-electron chi connectivity index (χ2n) is 7.64. The number of hydrogen-bond acceptors (Lipinski definition) is 4. The molecule has 25 heavy (non-hydrogen) atoms. The average Bonchev–Trinajstić information content (AvgIpc) is 2.56. The van der Waals surface area contributed by atoms with Gasteiger partial charge in [0.2, 0.25) is 5.91 Å². The summed E-state index contributed by atoms with van der Waals surface area (Å²) in [4.78, 5) is 28.2. The Balaban J connectivity index is 1.66. The maximum Gasteiger partial charge on any atom is 0.410 e. The van der Waals surface area contributed by atoms with Gasteiger partial charge in [0.05, 0.1) is 18.7 Å². The molecule has 2 aliphatic rings. The smallest absolute Gasteiger partial charge is 0.410 e. The van der Waals surface area contributed by atoms with Crippen molar-refractivity contribution in [2.75, 3.05) is 19.7 Å². The molecule has 2 saturated heterocycles. The molecule has 0 radical (unpaired) electrons. The first-order chi connectivity index (χ1) is 11.8. The van der Waals surface area contributed by atoms with Crippen LogP contribution in [-0.2, 0) is 20.8 Å². The molecule has 2 aliphatic heterocycles. The fourth-order valence-corrected chi connectivity index (χ4v) is 3.35. The van der Waals surface area contributed by atoms with E-state index in [9.17, 15) is 9.59 Å². The van der Waals surface area contributed by atoms with Gasteiger partial charge >= 0.3 is 6.09 Å². The lowest BCUT2D eigenvalue weighted by molar-refractivity contribution is -0.164. The number of morpholine rings is 1. The molecule has 0 bridgehead atoms. The summed E-state index contributed by atoms with van der Waals surface area (Å²) in [5, 5.41) is 0. The van der Waals surface area contributed by atoms with Crippen LogP contribution >= 0.6 is 0 Å². The third kappa shape index (κ3) is 4.31. The van der Waals surface area contributed by atoms with Gasteiger partial charge in [-0.3, -0.25) is 4.79 Å². The lowest BCUT2D eigenvalue weighted by Gasteiger charge is -2.46. The number of benzene rings is 1. The first-order valence-corrected chi connectivity index (χ1v) is 8.76. The third-order valence-electron chi connectivity index (χ3n) is 4.51. The first kappa shape index (κ1) is 17.7. The number of carbonyl (C=O) groups excluding carboxylic acids is 2. The van der Waals surface area contributed by atoms with Crippen LogP contribution in [0.2, 0.25) is 0 Å². The molecular formula is C19H26N2O4. The van der Waals surface area contributed by atoms with Crippen molar-refractivity contribution in [1.29, 1.82) is 0 Å². The largest absolute Gasteiger partial charge is 0.444 e. The molecule has 136 valence electrons. The molecule has 1 aromatic carbocycles. The number of carbonyl (C=O) groups is 2. The monoisotopic (exact) mass is 346 g/mol. The van der Waals surface area contributed by atoms with Crippen LogP contribution in [-0.4, -0.2) is 59.2 Å². The van der Waals surface area contributed by atoms with E-state index in [1.54, 1.807) is 4.90 Å². The van der Waals surface area contributed by atoms with Gasteiger partial charge < -0.3 is 19.3 Å². The highest BCUT2D eigenvalue weighted by Gasteiger charge is 2.42. The van der Waals surface area contributed by atoms with Crippen molar-refractivity contribution in [3.63, 3.8) is 0 Å². The number of hydrogen-bond donors (Lipinski definition) is 0. The molecule has 0 saturated carbocycles. The van der Waals surface area contributed by atoms with Crippen molar-refractivity contribution < 1.29 is 19.1 Å². The SMILES string of the molecule is CC(C)(C)OC(=O)N1CC[C@H]2[C@@H](C1)OCC(=O)N2Cc1ccccc1. The predicted octanol–water partition coefficient (Wildman–Crippen LogP) is 2.42. The van der Waals surface area contributed by atoms with Gasteiger partial charge in [-0.2, -0.15) is 0 Å². The highest BCUT2D eigenvalue weighted by molar-refractivity contribution is 5.78. The van der Waals surface area contributed by atoms with E-state index in [1.165, 1.54) is 0 Å². The van der Waals surface area contributed by atoms with E-state index >= 15 is 0 Å². The molecule has 6 nitrogen and oxygen atoms in total. The molecule has 2 amide bonds. The summed E-state index contributed by atoms with van der Waals surface area (Å²) in [7, 11) is 0. The molecule has 0 unspecified atom stereocenters. The van der Waals surface area contributed by atoms with E-state index in [0.717, 1.165) is 5.56 Å². The summed E-state index contributed by atoms with van der Waals surface area (Å²) in [6, 6.07) is 9.96. The second-order valence-corrected chi connectivity index (χ2v) is 7.64. The summed E-state index contributed by atoms with van der Waals surface area (Å²) in [6.45, 7) is 7.24. The van der Waals surface area contributed by atoms with Gasteiger partial charge in [-0.15, -0.1) is 0 Å². The summed E-state index contributed by atoms with van der Waals surface area (Å²) in [5.74, 6) is 0.0100. The van der Waals surface area contributed by atoms with Crippen LogP contribution in [0.3, 0.4) is 0 Å². The topological polar surface area (TPSA) is 59.1 Å². The molecule has 0 N–H and O–H groups in total. The Bertz CT molecular complexity index is 626. The molecule has 2 fully saturated rings. The number of fused-ring (bicyclic) bond motifs is 1. The number of ether oxygens (including phenoxy) is 2. The van der Waals surface area contributed by atoms with E-state index in [0.29, 0.717) is 26.1 Å². The summed E-state index contributed by atoms with van der Waals surface area (Å²) in [5.41, 5.74) is 0.586. The molecule has 6 heteroatoms. The number of piperidine rings is 1. The zero-order chi connectivity index (χ0) is 18.0. The Morgan fingerprint density at radius 3 is 2.68 bits per heavy atom. The molecule has 3 rings (SSSR count). The Labute approximate surface area is 148 Å². The lowest BCUT2D eigenvalue weighted by atomic mass is 9.97. The van der Waals surface area contributed by atoms with Crippen molar-refractivity contribution in [1.82, 2.24) is 9.80 Å². The Morgan fingerprint density at radius 1 is 1.28 bits per heavy atom. The van der Waals surface area contributed by atoms with E-state index < -0.39 is 5.60 Å². The van der Waals surface area contributed by atoms with Gasteiger partial charge in [0.15, 0.2) is 0 Å². The van der Waals surface area contributed by atoms with E-state index in [-0.39, 0.29) is 30.8 Å². The van der Waals surface area contributed by atoms with Gasteiger partial charge in [0.25, 0.3) is 0 Å². The van der Waals surface area contributed by atoms with E-state index in [1.807, 2.05) is 56.0 Å². The highest BCUT2D eigenvalue weighted by Crippen LogP contribution is 2.26. The van der Waals surface area contributed by atoms with Crippen LogP contribution in [0.25, 0.3) is 0 Å². The van der Waals surface area contributed by atoms with Crippen LogP contribution < -0.4 is 0 Å². The van der Waals surface area contributed by atoms with Crippen LogP contribution in [0.4, 0.5) is 4.79 Å². The fourth-order valence-electron chi connectivity index (χ4n) is 3.35. The second kappa shape index (κ2) is 7.04. The molecule has 2 atom stereocenters. The third-order valence-corrected chi connectivity index (χ3v) is 4.51. The zero-order valence-corrected chi connectivity index (χ0v) is 15.1. The summed E-state index contributed by atoms with van der Waals surface area (Å²) in [6.07, 6.45) is 0.214. The lowest BCUT2D eigenvalue weighted by Crippen LogP contribution is -2.61. The number of rotatable bonds is 2. The van der Waals surface area contributed by atoms with E-state index in [2.05, 4.69) is 0 Å². The molecule has 2 heterocycles. The van der Waals surface area contributed by atoms with Gasteiger partial charge in [-0.25, -0.2) is 4.79 Å². The van der Waals surface area contributed by atoms with Crippen molar-refractivity contribution in [3.8, 4) is 0 Å². The molecule has 0 aliphatic carbocycles. The van der Waals surface area contributed by atoms with Gasteiger partial charge in [0, 0.05) is 13.1 Å². The van der Waals surface area contributed by atoms with Crippen LogP contribution in [0.5, 0.6) is 0 Å². The molecule has 0 spiro atoms. The highest BCUT2D eigenvalue weighted by atomic mass is 16.6. The van der Waals surface area contributed by atoms with Gasteiger partial charge in [-0.1, -0.05) is 30.3 Å². The summed E-state index contributed by atoms with van der Waals surface area (Å²) >= 11 is 0. The van der Waals surface area contributed by atoms with Crippen LogP contribution in [0.1, 0.15) is 32.8 Å². The predicted molar refractivity (Wildman–Crippen MR) is 92.9 cm³/mol. The number of amides is 2. The van der Waals surface area contributed by atoms with Crippen LogP contribution in [0.15, 0.2) is 30.3 Å². The number of likely N-dealkylation sites (tertiary alicyclic amines) is 1. The average molecular weight is 346 g/mol. The Morgan fingerprint density at radius 2 is 2.00 bits per heavy atom. The minimum absolute atomic E-state index is 0.000132. The van der Waals surface area contributed by atoms with Crippen molar-refractivity contribution in [2.45, 2.75) is 51.5 Å². The summed E-state index contributed by atoms with van der Waals surface area (Å²) < 4.78 is 11.2. The molecular weight excluding hydrogens is 320 g/mol. The first-order valence-electron chi connectivity index (χ1n) is 8.76. The van der Waals surface area contributed by atoms with Crippen molar-refractivity contribution in [2.24, 2.45) is 0 Å². The number of nitrogens with zero attached hydrogens (tertiary/aromatic N) is 2. The van der Waals surface area contributed by atoms with Crippen LogP contribution in [0, 0.1) is 0 Å². The Kier molecular flexibility index (Phi) is 4.99. The normalized spacial score (nSPS) is 24.0. The zero-order valence-electron chi connectivity index (χ0n) is 15.1.